The molecule has 3 aromatic carbocycles. The van der Waals surface area contributed by atoms with E-state index in [0.717, 1.165) is 102 Å². The van der Waals surface area contributed by atoms with Crippen LogP contribution in [0.5, 0.6) is 5.75 Å². The quantitative estimate of drug-likeness (QED) is 0.0203. The molecule has 8 rings (SSSR count). The lowest BCUT2D eigenvalue weighted by Gasteiger charge is -2.37. The number of carbonyl (C=O) groups is 4. The first-order chi connectivity index (χ1) is 40.7. The summed E-state index contributed by atoms with van der Waals surface area (Å²) >= 11 is 1.58. The number of rotatable bonds is 31. The molecule has 0 saturated carbocycles. The number of aromatic amines is 1. The number of nitrogens with one attached hydrogen (secondary N) is 6. The Labute approximate surface area is 497 Å². The highest BCUT2D eigenvalue weighted by atomic mass is 32.1. The van der Waals surface area contributed by atoms with Gasteiger partial charge >= 0.3 is 0 Å². The number of hydrogen-bond donors (Lipinski definition) is 7. The lowest BCUT2D eigenvalue weighted by atomic mass is 9.85. The number of β-amino-alcohol motifs (C(OH)–C–C–N with tert-alkyl or cyclic N) is 1. The molecule has 84 heavy (non-hydrogen) atoms. The van der Waals surface area contributed by atoms with Crippen LogP contribution in [0, 0.1) is 12.3 Å². The highest BCUT2D eigenvalue weighted by molar-refractivity contribution is 7.13. The Balaban J connectivity index is 0.639. The molecule has 2 saturated heterocycles. The van der Waals surface area contributed by atoms with Crippen molar-refractivity contribution in [3.8, 4) is 27.6 Å². The summed E-state index contributed by atoms with van der Waals surface area (Å²) in [5, 5.41) is 35.8. The van der Waals surface area contributed by atoms with Crippen molar-refractivity contribution in [1.82, 2.24) is 51.3 Å². The highest BCUT2D eigenvalue weighted by Gasteiger charge is 2.44. The third-order valence-corrected chi connectivity index (χ3v) is 16.1. The number of likely N-dealkylation sites (tertiary alicyclic amines) is 1. The number of carbonyl (C=O) groups excluding carboxylic acids is 4. The second kappa shape index (κ2) is 31.1. The second-order valence-corrected chi connectivity index (χ2v) is 23.6. The smallest absolute Gasteiger partial charge is 0.251 e. The number of unbranched alkanes of at least 4 members (excludes halogenated alkanes) is 3. The minimum atomic E-state index is -0.901. The number of hydrogen-bond acceptors (Lipinski definition) is 16. The van der Waals surface area contributed by atoms with E-state index >= 15 is 0 Å². The number of aliphatic hydroxyl groups excluding tert-OH is 1. The SMILES string of the molecule is Cc1ncsc1-c1ccc(CNC(=O)[C@@H]2C[C@@H](O)CN2C(=O)[C@@H](NC(=O)CCCOCCOCCOCCCCCCOc2cccc([C@@H](C)NC(=O)c3cccc(NC4(c5nnc(-c6ccncc6)[nH]5)CCNCC4)c3)c2)C(C)(C)C)cc1. The van der Waals surface area contributed by atoms with Crippen molar-refractivity contribution in [3.63, 3.8) is 0 Å². The van der Waals surface area contributed by atoms with Crippen LogP contribution in [0.3, 0.4) is 0 Å². The summed E-state index contributed by atoms with van der Waals surface area (Å²) < 4.78 is 23.2. The summed E-state index contributed by atoms with van der Waals surface area (Å²) in [6, 6.07) is 25.1. The zero-order valence-corrected chi connectivity index (χ0v) is 49.9. The molecule has 4 atom stereocenters. The maximum absolute atomic E-state index is 14.0. The van der Waals surface area contributed by atoms with Gasteiger partial charge in [-0.1, -0.05) is 69.7 Å². The molecule has 0 spiro atoms. The Hall–Kier alpha value is -7.14. The van der Waals surface area contributed by atoms with Gasteiger partial charge in [-0.05, 0) is 130 Å². The Morgan fingerprint density at radius 2 is 1.51 bits per heavy atom. The van der Waals surface area contributed by atoms with Gasteiger partial charge in [-0.25, -0.2) is 4.98 Å². The van der Waals surface area contributed by atoms with Gasteiger partial charge in [-0.3, -0.25) is 24.2 Å². The van der Waals surface area contributed by atoms with E-state index in [4.69, 9.17) is 18.9 Å². The van der Waals surface area contributed by atoms with Crippen LogP contribution >= 0.6 is 11.3 Å². The predicted octanol–water partition coefficient (Wildman–Crippen LogP) is 8.06. The van der Waals surface area contributed by atoms with Crippen LogP contribution in [0.25, 0.3) is 21.8 Å². The van der Waals surface area contributed by atoms with Gasteiger partial charge in [0.15, 0.2) is 11.6 Å². The van der Waals surface area contributed by atoms with E-state index in [1.807, 2.05) is 125 Å². The molecule has 0 bridgehead atoms. The highest BCUT2D eigenvalue weighted by Crippen LogP contribution is 2.35. The van der Waals surface area contributed by atoms with Crippen LogP contribution in [0.15, 0.2) is 103 Å². The van der Waals surface area contributed by atoms with Crippen LogP contribution < -0.4 is 31.3 Å². The fraction of sp³-hybridized carbons (Fsp3) is 0.492. The average molecular weight is 1170 g/mol. The Bertz CT molecular complexity index is 3040. The number of aryl methyl sites for hydroxylation is 1. The number of aliphatic hydroxyl groups is 1. The third-order valence-electron chi connectivity index (χ3n) is 15.2. The minimum Gasteiger partial charge on any atom is -0.494 e. The van der Waals surface area contributed by atoms with Crippen molar-refractivity contribution in [2.45, 2.75) is 129 Å². The van der Waals surface area contributed by atoms with Crippen molar-refractivity contribution in [2.75, 3.05) is 71.2 Å². The van der Waals surface area contributed by atoms with Crippen LogP contribution in [0.1, 0.15) is 125 Å². The summed E-state index contributed by atoms with van der Waals surface area (Å²) in [5.41, 5.74) is 6.84. The zero-order valence-electron chi connectivity index (χ0n) is 49.1. The predicted molar refractivity (Wildman–Crippen MR) is 323 cm³/mol. The number of pyridine rings is 1. The normalized spacial score (nSPS) is 16.6. The maximum Gasteiger partial charge on any atom is 0.251 e. The molecule has 7 N–H and O–H groups in total. The number of aromatic nitrogens is 5. The van der Waals surface area contributed by atoms with E-state index in [1.165, 1.54) is 4.90 Å². The fourth-order valence-corrected chi connectivity index (χ4v) is 11.2. The molecule has 2 fully saturated rings. The van der Waals surface area contributed by atoms with E-state index in [2.05, 4.69) is 51.7 Å². The molecule has 5 heterocycles. The van der Waals surface area contributed by atoms with Crippen LogP contribution in [-0.2, 0) is 40.7 Å². The number of thiazole rings is 1. The maximum atomic E-state index is 14.0. The molecule has 0 radical (unpaired) electrons. The Kier molecular flexibility index (Phi) is 23.3. The topological polar surface area (TPSA) is 256 Å². The monoisotopic (exact) mass is 1170 g/mol. The summed E-state index contributed by atoms with van der Waals surface area (Å²) in [5.74, 6) is 0.988. The van der Waals surface area contributed by atoms with Gasteiger partial charge in [0, 0.05) is 68.4 Å². The first kappa shape index (κ1) is 62.9. The van der Waals surface area contributed by atoms with E-state index in [9.17, 15) is 24.3 Å². The van der Waals surface area contributed by atoms with E-state index in [-0.39, 0.29) is 49.7 Å². The molecular weight excluding hydrogens is 1090 g/mol. The van der Waals surface area contributed by atoms with Gasteiger partial charge in [-0.15, -0.1) is 21.5 Å². The molecule has 20 nitrogen and oxygen atoms in total. The number of piperidine rings is 1. The minimum absolute atomic E-state index is 0.00737. The van der Waals surface area contributed by atoms with Gasteiger partial charge in [0.1, 0.15) is 17.8 Å². The van der Waals surface area contributed by atoms with Crippen LogP contribution in [0.2, 0.25) is 0 Å². The molecule has 450 valence electrons. The first-order valence-electron chi connectivity index (χ1n) is 29.4. The van der Waals surface area contributed by atoms with Gasteiger partial charge < -0.3 is 60.5 Å². The van der Waals surface area contributed by atoms with Gasteiger partial charge in [-0.2, -0.15) is 0 Å². The largest absolute Gasteiger partial charge is 0.494 e. The summed E-state index contributed by atoms with van der Waals surface area (Å²) in [6.07, 6.45) is 8.78. The van der Waals surface area contributed by atoms with Crippen molar-refractivity contribution >= 4 is 40.7 Å². The summed E-state index contributed by atoms with van der Waals surface area (Å²) in [4.78, 5) is 68.6. The number of anilines is 1. The lowest BCUT2D eigenvalue weighted by Crippen LogP contribution is -2.57. The van der Waals surface area contributed by atoms with Crippen molar-refractivity contribution in [2.24, 2.45) is 5.41 Å². The molecular formula is C63H83N11O9S. The molecule has 0 unspecified atom stereocenters. The number of nitrogens with zero attached hydrogens (tertiary/aromatic N) is 5. The van der Waals surface area contributed by atoms with Gasteiger partial charge in [0.05, 0.1) is 66.8 Å². The molecule has 6 aromatic rings. The van der Waals surface area contributed by atoms with Gasteiger partial charge in [0.2, 0.25) is 17.7 Å². The molecule has 0 aliphatic carbocycles. The van der Waals surface area contributed by atoms with Crippen molar-refractivity contribution < 1.29 is 43.2 Å². The van der Waals surface area contributed by atoms with Crippen molar-refractivity contribution in [1.29, 1.82) is 0 Å². The van der Waals surface area contributed by atoms with E-state index in [1.54, 1.807) is 23.7 Å². The Morgan fingerprint density at radius 3 is 2.23 bits per heavy atom. The number of benzene rings is 3. The average Bonchev–Trinajstić information content (AvgIpc) is 4.07. The van der Waals surface area contributed by atoms with Crippen LogP contribution in [-0.4, -0.2) is 143 Å². The van der Waals surface area contributed by atoms with Crippen molar-refractivity contribution in [3.05, 3.63) is 131 Å². The zero-order chi connectivity index (χ0) is 59.3. The molecule has 3 aromatic heterocycles. The van der Waals surface area contributed by atoms with E-state index < -0.39 is 35.0 Å². The molecule has 21 heteroatoms. The molecule has 4 amide bonds. The number of H-pyrrole nitrogens is 1. The lowest BCUT2D eigenvalue weighted by molar-refractivity contribution is -0.144. The first-order valence-corrected chi connectivity index (χ1v) is 30.3. The summed E-state index contributed by atoms with van der Waals surface area (Å²) in [6.45, 7) is 14.7. The third kappa shape index (κ3) is 18.2. The number of ether oxygens (including phenoxy) is 4. The number of amides is 4. The van der Waals surface area contributed by atoms with Crippen LogP contribution in [0.4, 0.5) is 5.69 Å². The molecule has 2 aliphatic heterocycles. The van der Waals surface area contributed by atoms with E-state index in [0.29, 0.717) is 64.1 Å². The molecule has 2 aliphatic rings. The second-order valence-electron chi connectivity index (χ2n) is 22.7. The standard InChI is InChI=1S/C63H83N11O9S/c1-43(68-58(77)49-14-10-15-50(37-49)71-63(24-28-65-29-25-63)61-70-57(72-73-61)47-22-26-64-27-23-47)48-13-11-16-52(38-48)83-32-9-7-6-8-30-80-33-35-82-36-34-81-31-12-17-54(76)69-56(62(3,4)5)60(79)74-41-51(75)39-53(74)59(78)66-40-45-18-20-46(21-19-45)55-44(2)67-42-84-55/h10-11,13-16,18-23,26-27,37-38,42-43,51,53,56,65,71,75H,6-9,12,17,24-25,28-36,39-41H2,1-5H3,(H,66,78)(H,68,77)(H,69,76)(H,70,72,73)/t43-,51-,53+,56-/m1/s1. The fourth-order valence-electron chi connectivity index (χ4n) is 10.4. The van der Waals surface area contributed by atoms with Gasteiger partial charge in [0.25, 0.3) is 5.91 Å². The Morgan fingerprint density at radius 1 is 0.810 bits per heavy atom. The summed E-state index contributed by atoms with van der Waals surface area (Å²) in [7, 11) is 0.